The number of rotatable bonds is 1. The third-order valence-corrected chi connectivity index (χ3v) is 2.49. The van der Waals surface area contributed by atoms with Gasteiger partial charge in [0.25, 0.3) is 5.91 Å². The first-order chi connectivity index (χ1) is 7.84. The highest BCUT2D eigenvalue weighted by molar-refractivity contribution is 5.94. The van der Waals surface area contributed by atoms with Gasteiger partial charge in [0.2, 0.25) is 0 Å². The number of carbonyl (C=O) groups is 1. The molecule has 1 heterocycles. The van der Waals surface area contributed by atoms with Crippen molar-refractivity contribution in [3.05, 3.63) is 35.9 Å². The van der Waals surface area contributed by atoms with E-state index in [1.165, 1.54) is 0 Å². The van der Waals surface area contributed by atoms with Gasteiger partial charge in [-0.3, -0.25) is 4.79 Å². The average molecular weight is 214 g/mol. The van der Waals surface area contributed by atoms with Crippen LogP contribution in [0.4, 0.5) is 0 Å². The molecule has 1 aromatic carbocycles. The SMILES string of the molecule is O=C(C#Cc1ccccc1)N[C@H]1CCNC1. The minimum atomic E-state index is -0.197. The van der Waals surface area contributed by atoms with Crippen LogP contribution >= 0.6 is 0 Å². The molecule has 1 aliphatic heterocycles. The average Bonchev–Trinajstić information content (AvgIpc) is 2.81. The maximum Gasteiger partial charge on any atom is 0.296 e. The Morgan fingerprint density at radius 3 is 2.88 bits per heavy atom. The van der Waals surface area contributed by atoms with Crippen LogP contribution in [0.25, 0.3) is 0 Å². The van der Waals surface area contributed by atoms with Crippen molar-refractivity contribution in [2.75, 3.05) is 13.1 Å². The summed E-state index contributed by atoms with van der Waals surface area (Å²) in [7, 11) is 0. The molecule has 0 unspecified atom stereocenters. The van der Waals surface area contributed by atoms with E-state index in [4.69, 9.17) is 0 Å². The van der Waals surface area contributed by atoms with Gasteiger partial charge in [-0.25, -0.2) is 0 Å². The van der Waals surface area contributed by atoms with Crippen molar-refractivity contribution in [2.45, 2.75) is 12.5 Å². The lowest BCUT2D eigenvalue weighted by molar-refractivity contribution is -0.116. The summed E-state index contributed by atoms with van der Waals surface area (Å²) in [5.41, 5.74) is 0.863. The highest BCUT2D eigenvalue weighted by atomic mass is 16.1. The summed E-state index contributed by atoms with van der Waals surface area (Å²) in [6.45, 7) is 1.82. The molecule has 16 heavy (non-hydrogen) atoms. The van der Waals surface area contributed by atoms with Gasteiger partial charge >= 0.3 is 0 Å². The second-order valence-corrected chi connectivity index (χ2v) is 3.78. The highest BCUT2D eigenvalue weighted by Gasteiger charge is 2.15. The molecule has 3 heteroatoms. The van der Waals surface area contributed by atoms with Gasteiger partial charge in [0.05, 0.1) is 0 Å². The van der Waals surface area contributed by atoms with Crippen molar-refractivity contribution in [3.63, 3.8) is 0 Å². The first-order valence-electron chi connectivity index (χ1n) is 5.43. The van der Waals surface area contributed by atoms with E-state index in [-0.39, 0.29) is 11.9 Å². The second kappa shape index (κ2) is 5.34. The Morgan fingerprint density at radius 2 is 2.19 bits per heavy atom. The quantitative estimate of drug-likeness (QED) is 0.669. The van der Waals surface area contributed by atoms with Crippen molar-refractivity contribution in [1.82, 2.24) is 10.6 Å². The van der Waals surface area contributed by atoms with E-state index < -0.39 is 0 Å². The minimum absolute atomic E-state index is 0.197. The lowest BCUT2D eigenvalue weighted by Gasteiger charge is -2.06. The molecule has 1 aliphatic rings. The molecule has 0 aromatic heterocycles. The molecule has 2 N–H and O–H groups in total. The fourth-order valence-corrected chi connectivity index (χ4v) is 1.65. The van der Waals surface area contributed by atoms with Crippen molar-refractivity contribution >= 4 is 5.91 Å². The van der Waals surface area contributed by atoms with Crippen molar-refractivity contribution < 1.29 is 4.79 Å². The molecule has 0 bridgehead atoms. The second-order valence-electron chi connectivity index (χ2n) is 3.78. The van der Waals surface area contributed by atoms with E-state index in [0.717, 1.165) is 25.1 Å². The summed E-state index contributed by atoms with van der Waals surface area (Å²) in [6.07, 6.45) is 0.985. The number of nitrogens with one attached hydrogen (secondary N) is 2. The third kappa shape index (κ3) is 3.11. The normalized spacial score (nSPS) is 18.6. The van der Waals surface area contributed by atoms with Gasteiger partial charge in [-0.15, -0.1) is 0 Å². The summed E-state index contributed by atoms with van der Waals surface area (Å²) >= 11 is 0. The Labute approximate surface area is 95.2 Å². The smallest absolute Gasteiger partial charge is 0.296 e. The fraction of sp³-hybridized carbons (Fsp3) is 0.308. The maximum atomic E-state index is 11.5. The Morgan fingerprint density at radius 1 is 1.38 bits per heavy atom. The van der Waals surface area contributed by atoms with Gasteiger partial charge in [0.15, 0.2) is 0 Å². The van der Waals surface area contributed by atoms with E-state index in [1.54, 1.807) is 0 Å². The lowest BCUT2D eigenvalue weighted by Crippen LogP contribution is -2.35. The minimum Gasteiger partial charge on any atom is -0.341 e. The van der Waals surface area contributed by atoms with E-state index in [1.807, 2.05) is 30.3 Å². The Balaban J connectivity index is 1.89. The Hall–Kier alpha value is -1.79. The monoisotopic (exact) mass is 214 g/mol. The van der Waals surface area contributed by atoms with Crippen LogP contribution < -0.4 is 10.6 Å². The van der Waals surface area contributed by atoms with Crippen molar-refractivity contribution in [1.29, 1.82) is 0 Å². The van der Waals surface area contributed by atoms with Crippen LogP contribution in [0.3, 0.4) is 0 Å². The number of benzene rings is 1. The first kappa shape index (κ1) is 10.7. The number of amides is 1. The summed E-state index contributed by atoms with van der Waals surface area (Å²) in [5.74, 6) is 5.24. The number of carbonyl (C=O) groups excluding carboxylic acids is 1. The van der Waals surface area contributed by atoms with E-state index in [2.05, 4.69) is 22.5 Å². The van der Waals surface area contributed by atoms with Crippen LogP contribution in [0.1, 0.15) is 12.0 Å². The maximum absolute atomic E-state index is 11.5. The van der Waals surface area contributed by atoms with Crippen LogP contribution in [0, 0.1) is 11.8 Å². The van der Waals surface area contributed by atoms with Crippen LogP contribution in [-0.2, 0) is 4.79 Å². The predicted octanol–water partition coefficient (Wildman–Crippen LogP) is 0.516. The van der Waals surface area contributed by atoms with Gasteiger partial charge < -0.3 is 10.6 Å². The molecule has 1 atom stereocenters. The molecule has 2 rings (SSSR count). The molecule has 3 nitrogen and oxygen atoms in total. The standard InChI is InChI=1S/C13H14N2O/c16-13(15-12-8-9-14-10-12)7-6-11-4-2-1-3-5-11/h1-5,12,14H,8-10H2,(H,15,16)/t12-/m0/s1. The number of hydrogen-bond acceptors (Lipinski definition) is 2. The van der Waals surface area contributed by atoms with Crippen LogP contribution in [0.2, 0.25) is 0 Å². The van der Waals surface area contributed by atoms with Gasteiger partial charge in [0, 0.05) is 24.1 Å². The van der Waals surface area contributed by atoms with E-state index in [0.29, 0.717) is 0 Å². The zero-order valence-corrected chi connectivity index (χ0v) is 8.99. The van der Waals surface area contributed by atoms with Gasteiger partial charge in [-0.05, 0) is 25.1 Å². The molecule has 0 radical (unpaired) electrons. The molecular weight excluding hydrogens is 200 g/mol. The fourth-order valence-electron chi connectivity index (χ4n) is 1.65. The molecule has 1 fully saturated rings. The van der Waals surface area contributed by atoms with Gasteiger partial charge in [0.1, 0.15) is 0 Å². The van der Waals surface area contributed by atoms with E-state index in [9.17, 15) is 4.79 Å². The zero-order chi connectivity index (χ0) is 11.2. The molecule has 1 amide bonds. The molecule has 82 valence electrons. The van der Waals surface area contributed by atoms with Crippen molar-refractivity contribution in [3.8, 4) is 11.8 Å². The number of hydrogen-bond donors (Lipinski definition) is 2. The molecule has 0 saturated carbocycles. The topological polar surface area (TPSA) is 41.1 Å². The first-order valence-corrected chi connectivity index (χ1v) is 5.43. The lowest BCUT2D eigenvalue weighted by atomic mass is 10.2. The summed E-state index contributed by atoms with van der Waals surface area (Å²) in [6, 6.07) is 9.74. The molecule has 0 spiro atoms. The third-order valence-electron chi connectivity index (χ3n) is 2.49. The molecule has 1 saturated heterocycles. The highest BCUT2D eigenvalue weighted by Crippen LogP contribution is 1.97. The predicted molar refractivity (Wildman–Crippen MR) is 62.7 cm³/mol. The van der Waals surface area contributed by atoms with Gasteiger partial charge in [-0.1, -0.05) is 24.1 Å². The summed E-state index contributed by atoms with van der Waals surface area (Å²) < 4.78 is 0. The van der Waals surface area contributed by atoms with Crippen LogP contribution in [0.5, 0.6) is 0 Å². The largest absolute Gasteiger partial charge is 0.341 e. The summed E-state index contributed by atoms with van der Waals surface area (Å²) in [5, 5.41) is 6.06. The Bertz CT molecular complexity index is 411. The molecule has 0 aliphatic carbocycles. The molecular formula is C13H14N2O. The van der Waals surface area contributed by atoms with Crippen LogP contribution in [0.15, 0.2) is 30.3 Å². The van der Waals surface area contributed by atoms with Crippen molar-refractivity contribution in [2.24, 2.45) is 0 Å². The molecule has 1 aromatic rings. The summed E-state index contributed by atoms with van der Waals surface area (Å²) in [4.78, 5) is 11.5. The van der Waals surface area contributed by atoms with Gasteiger partial charge in [-0.2, -0.15) is 0 Å². The van der Waals surface area contributed by atoms with E-state index >= 15 is 0 Å². The van der Waals surface area contributed by atoms with Crippen LogP contribution in [-0.4, -0.2) is 25.0 Å². The zero-order valence-electron chi connectivity index (χ0n) is 8.99. The Kier molecular flexibility index (Phi) is 3.58.